The Morgan fingerprint density at radius 1 is 1.69 bits per heavy atom. The molecule has 1 rings (SSSR count). The van der Waals surface area contributed by atoms with Gasteiger partial charge in [0.25, 0.3) is 0 Å². The zero-order chi connectivity index (χ0) is 9.68. The van der Waals surface area contributed by atoms with Crippen molar-refractivity contribution in [2.45, 2.75) is 6.42 Å². The number of ketones is 1. The fourth-order valence-electron chi connectivity index (χ4n) is 1.70. The van der Waals surface area contributed by atoms with Crippen LogP contribution in [0, 0.1) is 5.92 Å². The summed E-state index contributed by atoms with van der Waals surface area (Å²) in [4.78, 5) is 13.3. The molecule has 0 amide bonds. The number of ether oxygens (including phenoxy) is 1. The van der Waals surface area contributed by atoms with Crippen LogP contribution >= 0.6 is 0 Å². The van der Waals surface area contributed by atoms with E-state index in [1.165, 1.54) is 0 Å². The van der Waals surface area contributed by atoms with Crippen molar-refractivity contribution in [1.82, 2.24) is 4.90 Å². The first-order chi connectivity index (χ1) is 6.26. The lowest BCUT2D eigenvalue weighted by Gasteiger charge is -2.13. The molecule has 0 aliphatic carbocycles. The van der Waals surface area contributed by atoms with Gasteiger partial charge in [0, 0.05) is 13.7 Å². The molecule has 4 nitrogen and oxygen atoms in total. The third kappa shape index (κ3) is 3.42. The Kier molecular flexibility index (Phi) is 4.35. The molecule has 0 aromatic rings. The van der Waals surface area contributed by atoms with Crippen LogP contribution in [-0.2, 0) is 9.53 Å². The number of Topliss-reactive ketones (excluding diaryl/α,β-unsaturated/α-hetero) is 1. The summed E-state index contributed by atoms with van der Waals surface area (Å²) in [5.41, 5.74) is 5.55. The van der Waals surface area contributed by atoms with Gasteiger partial charge in [-0.15, -0.1) is 0 Å². The van der Waals surface area contributed by atoms with Crippen molar-refractivity contribution in [2.24, 2.45) is 11.7 Å². The summed E-state index contributed by atoms with van der Waals surface area (Å²) in [6, 6.07) is 0. The van der Waals surface area contributed by atoms with Crippen molar-refractivity contribution in [3.05, 3.63) is 0 Å². The highest BCUT2D eigenvalue weighted by molar-refractivity contribution is 5.81. The summed E-state index contributed by atoms with van der Waals surface area (Å²) in [5, 5.41) is 0. The van der Waals surface area contributed by atoms with Gasteiger partial charge in [0.15, 0.2) is 5.78 Å². The summed E-state index contributed by atoms with van der Waals surface area (Å²) in [6.07, 6.45) is 1.12. The van der Waals surface area contributed by atoms with E-state index in [4.69, 9.17) is 10.5 Å². The summed E-state index contributed by atoms with van der Waals surface area (Å²) < 4.78 is 4.77. The standard InChI is InChI=1S/C9H18N2O2/c1-13-7-9(12)6-11-3-2-8(4-10)5-11/h8H,2-7,10H2,1H3. The van der Waals surface area contributed by atoms with E-state index in [0.717, 1.165) is 26.1 Å². The van der Waals surface area contributed by atoms with Gasteiger partial charge in [0.1, 0.15) is 6.61 Å². The highest BCUT2D eigenvalue weighted by Crippen LogP contribution is 2.13. The molecular weight excluding hydrogens is 168 g/mol. The van der Waals surface area contributed by atoms with Crippen molar-refractivity contribution in [3.63, 3.8) is 0 Å². The number of likely N-dealkylation sites (tertiary alicyclic amines) is 1. The second kappa shape index (κ2) is 5.32. The van der Waals surface area contributed by atoms with Gasteiger partial charge < -0.3 is 10.5 Å². The van der Waals surface area contributed by atoms with E-state index in [9.17, 15) is 4.79 Å². The number of nitrogens with zero attached hydrogens (tertiary/aromatic N) is 1. The average molecular weight is 186 g/mol. The zero-order valence-electron chi connectivity index (χ0n) is 8.16. The molecule has 1 aliphatic heterocycles. The largest absolute Gasteiger partial charge is 0.377 e. The zero-order valence-corrected chi connectivity index (χ0v) is 8.16. The van der Waals surface area contributed by atoms with Gasteiger partial charge in [-0.05, 0) is 25.4 Å². The number of rotatable bonds is 5. The molecule has 1 heterocycles. The first-order valence-electron chi connectivity index (χ1n) is 4.69. The van der Waals surface area contributed by atoms with Crippen LogP contribution in [0.4, 0.5) is 0 Å². The fourth-order valence-corrected chi connectivity index (χ4v) is 1.70. The molecule has 0 saturated carbocycles. The van der Waals surface area contributed by atoms with Crippen LogP contribution in [0.2, 0.25) is 0 Å². The van der Waals surface area contributed by atoms with E-state index in [2.05, 4.69) is 4.90 Å². The minimum absolute atomic E-state index is 0.153. The van der Waals surface area contributed by atoms with E-state index in [-0.39, 0.29) is 12.4 Å². The number of carbonyl (C=O) groups excluding carboxylic acids is 1. The summed E-state index contributed by atoms with van der Waals surface area (Å²) >= 11 is 0. The van der Waals surface area contributed by atoms with E-state index in [1.807, 2.05) is 0 Å². The Morgan fingerprint density at radius 2 is 2.46 bits per heavy atom. The molecular formula is C9H18N2O2. The Hall–Kier alpha value is -0.450. The van der Waals surface area contributed by atoms with Gasteiger partial charge in [-0.2, -0.15) is 0 Å². The second-order valence-electron chi connectivity index (χ2n) is 3.60. The Morgan fingerprint density at radius 3 is 3.00 bits per heavy atom. The van der Waals surface area contributed by atoms with Crippen LogP contribution in [0.1, 0.15) is 6.42 Å². The van der Waals surface area contributed by atoms with E-state index < -0.39 is 0 Å². The van der Waals surface area contributed by atoms with Gasteiger partial charge in [-0.25, -0.2) is 0 Å². The number of carbonyl (C=O) groups is 1. The lowest BCUT2D eigenvalue weighted by atomic mass is 10.1. The molecule has 1 fully saturated rings. The fraction of sp³-hybridized carbons (Fsp3) is 0.889. The molecule has 0 radical (unpaired) electrons. The molecule has 0 aromatic carbocycles. The SMILES string of the molecule is COCC(=O)CN1CCC(CN)C1. The predicted molar refractivity (Wildman–Crippen MR) is 50.5 cm³/mol. The van der Waals surface area contributed by atoms with E-state index in [0.29, 0.717) is 12.5 Å². The normalized spacial score (nSPS) is 23.7. The third-order valence-corrected chi connectivity index (χ3v) is 2.41. The molecule has 1 atom stereocenters. The first kappa shape index (κ1) is 10.6. The van der Waals surface area contributed by atoms with Crippen molar-refractivity contribution >= 4 is 5.78 Å². The molecule has 0 bridgehead atoms. The lowest BCUT2D eigenvalue weighted by molar-refractivity contribution is -0.123. The molecule has 4 heteroatoms. The van der Waals surface area contributed by atoms with E-state index >= 15 is 0 Å². The maximum absolute atomic E-state index is 11.2. The first-order valence-corrected chi connectivity index (χ1v) is 4.69. The van der Waals surface area contributed by atoms with Crippen LogP contribution in [0.5, 0.6) is 0 Å². The van der Waals surface area contributed by atoms with Crippen molar-refractivity contribution < 1.29 is 9.53 Å². The average Bonchev–Trinajstić information content (AvgIpc) is 2.52. The van der Waals surface area contributed by atoms with Crippen molar-refractivity contribution in [1.29, 1.82) is 0 Å². The third-order valence-electron chi connectivity index (χ3n) is 2.41. The van der Waals surface area contributed by atoms with Gasteiger partial charge in [0.05, 0.1) is 6.54 Å². The minimum Gasteiger partial charge on any atom is -0.377 e. The van der Waals surface area contributed by atoms with E-state index in [1.54, 1.807) is 7.11 Å². The number of hydrogen-bond acceptors (Lipinski definition) is 4. The molecule has 2 N–H and O–H groups in total. The van der Waals surface area contributed by atoms with Gasteiger partial charge in [-0.3, -0.25) is 9.69 Å². The van der Waals surface area contributed by atoms with Crippen LogP contribution in [0.15, 0.2) is 0 Å². The van der Waals surface area contributed by atoms with Crippen LogP contribution < -0.4 is 5.73 Å². The molecule has 1 saturated heterocycles. The lowest BCUT2D eigenvalue weighted by Crippen LogP contribution is -2.30. The Bertz CT molecular complexity index is 173. The maximum Gasteiger partial charge on any atom is 0.172 e. The minimum atomic E-state index is 0.153. The van der Waals surface area contributed by atoms with Gasteiger partial charge in [0.2, 0.25) is 0 Å². The highest BCUT2D eigenvalue weighted by atomic mass is 16.5. The van der Waals surface area contributed by atoms with Gasteiger partial charge in [-0.1, -0.05) is 0 Å². The number of methoxy groups -OCH3 is 1. The quantitative estimate of drug-likeness (QED) is 0.628. The van der Waals surface area contributed by atoms with Gasteiger partial charge >= 0.3 is 0 Å². The van der Waals surface area contributed by atoms with Crippen molar-refractivity contribution in [3.8, 4) is 0 Å². The molecule has 1 aliphatic rings. The second-order valence-corrected chi connectivity index (χ2v) is 3.60. The molecule has 13 heavy (non-hydrogen) atoms. The molecule has 0 aromatic heterocycles. The maximum atomic E-state index is 11.2. The van der Waals surface area contributed by atoms with Crippen LogP contribution in [0.3, 0.4) is 0 Å². The summed E-state index contributed by atoms with van der Waals surface area (Å²) in [5.74, 6) is 0.732. The van der Waals surface area contributed by atoms with Crippen LogP contribution in [-0.4, -0.2) is 50.6 Å². The highest BCUT2D eigenvalue weighted by Gasteiger charge is 2.22. The number of nitrogens with two attached hydrogens (primary N) is 1. The smallest absolute Gasteiger partial charge is 0.172 e. The summed E-state index contributed by atoms with van der Waals surface area (Å²) in [7, 11) is 1.55. The Balaban J connectivity index is 2.19. The summed E-state index contributed by atoms with van der Waals surface area (Å²) in [6.45, 7) is 3.44. The topological polar surface area (TPSA) is 55.6 Å². The molecule has 1 unspecified atom stereocenters. The Labute approximate surface area is 79.0 Å². The monoisotopic (exact) mass is 186 g/mol. The van der Waals surface area contributed by atoms with Crippen molar-refractivity contribution in [2.75, 3.05) is 39.9 Å². The number of hydrogen-bond donors (Lipinski definition) is 1. The molecule has 76 valence electrons. The van der Waals surface area contributed by atoms with Crippen LogP contribution in [0.25, 0.3) is 0 Å². The molecule has 0 spiro atoms. The predicted octanol–water partition coefficient (Wildman–Crippen LogP) is -0.517.